The maximum Gasteiger partial charge on any atom is 0.227 e. The molecule has 0 fully saturated rings. The molecule has 1 aliphatic heterocycles. The van der Waals surface area contributed by atoms with E-state index >= 15 is 0 Å². The summed E-state index contributed by atoms with van der Waals surface area (Å²) in [6, 6.07) is 11.4. The van der Waals surface area contributed by atoms with Gasteiger partial charge in [-0.05, 0) is 29.8 Å². The molecule has 0 bridgehead atoms. The Bertz CT molecular complexity index is 978. The van der Waals surface area contributed by atoms with Crippen LogP contribution in [0.25, 0.3) is 11.0 Å². The van der Waals surface area contributed by atoms with E-state index in [9.17, 15) is 4.79 Å². The summed E-state index contributed by atoms with van der Waals surface area (Å²) in [4.78, 5) is 14.4. The minimum atomic E-state index is 0.0170. The number of hydrogen-bond acceptors (Lipinski definition) is 5. The standard InChI is InChI=1S/C21H21NO5/c1-22(12-14-3-6-18-20(9-14)26-8-7-25-18)21(23)10-15-13-27-19-11-16(24-2)4-5-17(15)19/h3-6,9,11,13H,7-8,10,12H2,1-2H3. The summed E-state index contributed by atoms with van der Waals surface area (Å²) in [5.74, 6) is 2.22. The Morgan fingerprint density at radius 1 is 1.11 bits per heavy atom. The third-order valence-electron chi connectivity index (χ3n) is 4.66. The molecule has 0 aliphatic carbocycles. The summed E-state index contributed by atoms with van der Waals surface area (Å²) in [5.41, 5.74) is 2.58. The first-order valence-corrected chi connectivity index (χ1v) is 8.80. The summed E-state index contributed by atoms with van der Waals surface area (Å²) in [7, 11) is 3.41. The van der Waals surface area contributed by atoms with Crippen molar-refractivity contribution in [1.29, 1.82) is 0 Å². The summed E-state index contributed by atoms with van der Waals surface area (Å²) < 4.78 is 21.9. The molecule has 0 saturated heterocycles. The number of furan rings is 1. The fourth-order valence-electron chi connectivity index (χ4n) is 3.17. The summed E-state index contributed by atoms with van der Waals surface area (Å²) in [5, 5.41) is 0.928. The second-order valence-corrected chi connectivity index (χ2v) is 6.53. The highest BCUT2D eigenvalue weighted by Crippen LogP contribution is 2.31. The van der Waals surface area contributed by atoms with Crippen molar-refractivity contribution in [3.05, 3.63) is 53.8 Å². The van der Waals surface area contributed by atoms with Gasteiger partial charge in [0.05, 0.1) is 19.8 Å². The predicted octanol–water partition coefficient (Wildman–Crippen LogP) is 3.41. The van der Waals surface area contributed by atoms with Crippen molar-refractivity contribution in [2.75, 3.05) is 27.4 Å². The monoisotopic (exact) mass is 367 g/mol. The number of likely N-dealkylation sites (N-methyl/N-ethyl adjacent to an activating group) is 1. The Kier molecular flexibility index (Phi) is 4.62. The molecule has 140 valence electrons. The average Bonchev–Trinajstić information content (AvgIpc) is 3.09. The topological polar surface area (TPSA) is 61.1 Å². The van der Waals surface area contributed by atoms with Crippen molar-refractivity contribution >= 4 is 16.9 Å². The molecule has 6 nitrogen and oxygen atoms in total. The maximum absolute atomic E-state index is 12.7. The second-order valence-electron chi connectivity index (χ2n) is 6.53. The lowest BCUT2D eigenvalue weighted by Gasteiger charge is -2.21. The lowest BCUT2D eigenvalue weighted by Crippen LogP contribution is -2.27. The van der Waals surface area contributed by atoms with Gasteiger partial charge in [-0.1, -0.05) is 6.07 Å². The van der Waals surface area contributed by atoms with Crippen LogP contribution in [0.1, 0.15) is 11.1 Å². The minimum absolute atomic E-state index is 0.0170. The van der Waals surface area contributed by atoms with Gasteiger partial charge >= 0.3 is 0 Å². The zero-order valence-corrected chi connectivity index (χ0v) is 15.4. The highest BCUT2D eigenvalue weighted by Gasteiger charge is 2.17. The number of hydrogen-bond donors (Lipinski definition) is 0. The van der Waals surface area contributed by atoms with E-state index in [1.807, 2.05) is 36.4 Å². The van der Waals surface area contributed by atoms with Crippen LogP contribution in [0.2, 0.25) is 0 Å². The number of ether oxygens (including phenoxy) is 3. The van der Waals surface area contributed by atoms with Gasteiger partial charge in [0.25, 0.3) is 0 Å². The van der Waals surface area contributed by atoms with E-state index in [0.717, 1.165) is 33.8 Å². The Balaban J connectivity index is 1.45. The van der Waals surface area contributed by atoms with Crippen LogP contribution < -0.4 is 14.2 Å². The first-order chi connectivity index (χ1) is 13.1. The Labute approximate surface area is 157 Å². The maximum atomic E-state index is 12.7. The summed E-state index contributed by atoms with van der Waals surface area (Å²) in [6.45, 7) is 1.61. The molecule has 2 heterocycles. The van der Waals surface area contributed by atoms with Crippen molar-refractivity contribution < 1.29 is 23.4 Å². The lowest BCUT2D eigenvalue weighted by atomic mass is 10.1. The number of carbonyl (C=O) groups is 1. The van der Waals surface area contributed by atoms with Gasteiger partial charge in [-0.3, -0.25) is 4.79 Å². The average molecular weight is 367 g/mol. The lowest BCUT2D eigenvalue weighted by molar-refractivity contribution is -0.129. The molecule has 0 spiro atoms. The number of methoxy groups -OCH3 is 1. The van der Waals surface area contributed by atoms with Crippen LogP contribution in [0.5, 0.6) is 17.2 Å². The van der Waals surface area contributed by atoms with Crippen LogP contribution in [0.15, 0.2) is 47.1 Å². The largest absolute Gasteiger partial charge is 0.497 e. The molecule has 27 heavy (non-hydrogen) atoms. The van der Waals surface area contributed by atoms with Crippen molar-refractivity contribution in [2.45, 2.75) is 13.0 Å². The van der Waals surface area contributed by atoms with Gasteiger partial charge in [-0.15, -0.1) is 0 Å². The number of carbonyl (C=O) groups excluding carboxylic acids is 1. The van der Waals surface area contributed by atoms with Gasteiger partial charge in [-0.25, -0.2) is 0 Å². The second kappa shape index (κ2) is 7.23. The van der Waals surface area contributed by atoms with Gasteiger partial charge in [0.2, 0.25) is 5.91 Å². The summed E-state index contributed by atoms with van der Waals surface area (Å²) in [6.07, 6.45) is 1.92. The van der Waals surface area contributed by atoms with Gasteiger partial charge < -0.3 is 23.5 Å². The molecule has 1 aliphatic rings. The number of fused-ring (bicyclic) bond motifs is 2. The number of amides is 1. The molecule has 0 atom stereocenters. The molecule has 1 amide bonds. The molecule has 6 heteroatoms. The van der Waals surface area contributed by atoms with Crippen LogP contribution in [-0.4, -0.2) is 38.2 Å². The number of rotatable bonds is 5. The van der Waals surface area contributed by atoms with Crippen LogP contribution in [0.3, 0.4) is 0 Å². The first kappa shape index (κ1) is 17.3. The number of nitrogens with zero attached hydrogens (tertiary/aromatic N) is 1. The Hall–Kier alpha value is -3.15. The van der Waals surface area contributed by atoms with E-state index < -0.39 is 0 Å². The third-order valence-corrected chi connectivity index (χ3v) is 4.66. The van der Waals surface area contributed by atoms with Crippen LogP contribution in [-0.2, 0) is 17.8 Å². The van der Waals surface area contributed by atoms with E-state index in [0.29, 0.717) is 25.3 Å². The third kappa shape index (κ3) is 3.56. The van der Waals surface area contributed by atoms with Crippen LogP contribution >= 0.6 is 0 Å². The molecule has 0 unspecified atom stereocenters. The van der Waals surface area contributed by atoms with E-state index in [2.05, 4.69) is 0 Å². The highest BCUT2D eigenvalue weighted by atomic mass is 16.6. The first-order valence-electron chi connectivity index (χ1n) is 8.80. The molecule has 0 N–H and O–H groups in total. The molecule has 1 aromatic heterocycles. The molecule has 0 saturated carbocycles. The zero-order valence-electron chi connectivity index (χ0n) is 15.4. The fraction of sp³-hybridized carbons (Fsp3) is 0.286. The van der Waals surface area contributed by atoms with Crippen LogP contribution in [0, 0.1) is 0 Å². The highest BCUT2D eigenvalue weighted by molar-refractivity contribution is 5.88. The quantitative estimate of drug-likeness (QED) is 0.692. The molecule has 0 radical (unpaired) electrons. The van der Waals surface area contributed by atoms with Gasteiger partial charge in [-0.2, -0.15) is 0 Å². The number of benzene rings is 2. The molecule has 3 aromatic rings. The van der Waals surface area contributed by atoms with E-state index in [4.69, 9.17) is 18.6 Å². The molecule has 4 rings (SSSR count). The minimum Gasteiger partial charge on any atom is -0.497 e. The van der Waals surface area contributed by atoms with Crippen molar-refractivity contribution in [2.24, 2.45) is 0 Å². The van der Waals surface area contributed by atoms with Crippen LogP contribution in [0.4, 0.5) is 0 Å². The fourth-order valence-corrected chi connectivity index (χ4v) is 3.17. The van der Waals surface area contributed by atoms with E-state index in [-0.39, 0.29) is 12.3 Å². The SMILES string of the molecule is COc1ccc2c(CC(=O)N(C)Cc3ccc4c(c3)OCCO4)coc2c1. The van der Waals surface area contributed by atoms with Gasteiger partial charge in [0, 0.05) is 30.6 Å². The summed E-state index contributed by atoms with van der Waals surface area (Å²) >= 11 is 0. The zero-order chi connectivity index (χ0) is 18.8. The van der Waals surface area contributed by atoms with Gasteiger partial charge in [0.15, 0.2) is 11.5 Å². The molecular formula is C21H21NO5. The van der Waals surface area contributed by atoms with E-state index in [1.54, 1.807) is 25.3 Å². The smallest absolute Gasteiger partial charge is 0.227 e. The Morgan fingerprint density at radius 3 is 2.74 bits per heavy atom. The van der Waals surface area contributed by atoms with Crippen molar-refractivity contribution in [3.8, 4) is 17.2 Å². The molecule has 2 aromatic carbocycles. The predicted molar refractivity (Wildman–Crippen MR) is 100 cm³/mol. The van der Waals surface area contributed by atoms with Crippen molar-refractivity contribution in [1.82, 2.24) is 4.90 Å². The Morgan fingerprint density at radius 2 is 1.93 bits per heavy atom. The van der Waals surface area contributed by atoms with Crippen molar-refractivity contribution in [3.63, 3.8) is 0 Å². The normalized spacial score (nSPS) is 12.8. The molecular weight excluding hydrogens is 346 g/mol. The van der Waals surface area contributed by atoms with Gasteiger partial charge in [0.1, 0.15) is 24.5 Å². The van der Waals surface area contributed by atoms with E-state index in [1.165, 1.54) is 0 Å².